The first-order valence-electron chi connectivity index (χ1n) is 28.5. The topological polar surface area (TPSA) is 32.3 Å². The molecule has 0 N–H and O–H groups in total. The molecule has 3 heterocycles. The average molecular weight is 1060 g/mol. The van der Waals surface area contributed by atoms with E-state index in [1.165, 1.54) is 37.9 Å². The third-order valence-corrected chi connectivity index (χ3v) is 16.7. The number of rotatable bonds is 9. The maximum atomic E-state index is 5.81. The number of hydrogen-bond donors (Lipinski definition) is 0. The predicted octanol–water partition coefficient (Wildman–Crippen LogP) is 18.5. The predicted molar refractivity (Wildman–Crippen MR) is 349 cm³/mol. The van der Waals surface area contributed by atoms with Crippen molar-refractivity contribution in [1.29, 1.82) is 0 Å². The summed E-state index contributed by atoms with van der Waals surface area (Å²) in [5.74, 6) is 0.636. The second kappa shape index (κ2) is 20.0. The van der Waals surface area contributed by atoms with Crippen molar-refractivity contribution in [3.8, 4) is 78.4 Å². The van der Waals surface area contributed by atoms with Gasteiger partial charge in [0.15, 0.2) is 5.82 Å². The molecule has 0 radical (unpaired) electrons. The largest absolute Gasteiger partial charge is 0.311 e. The van der Waals surface area contributed by atoms with Crippen LogP contribution in [0.15, 0.2) is 309 Å². The molecule has 13 aromatic carbocycles. The molecule has 4 nitrogen and oxygen atoms in total. The van der Waals surface area contributed by atoms with E-state index in [2.05, 4.69) is 319 Å². The highest BCUT2D eigenvalue weighted by Gasteiger charge is 2.44. The van der Waals surface area contributed by atoms with Gasteiger partial charge < -0.3 is 9.80 Å². The zero-order valence-electron chi connectivity index (χ0n) is 45.3. The van der Waals surface area contributed by atoms with E-state index in [0.29, 0.717) is 5.82 Å². The normalized spacial score (nSPS) is 12.3. The molecule has 0 amide bonds. The quantitative estimate of drug-likeness (QED) is 0.135. The lowest BCUT2D eigenvalue weighted by atomic mass is 9.33. The summed E-state index contributed by atoms with van der Waals surface area (Å²) in [6, 6.07) is 113. The third-order valence-electron chi connectivity index (χ3n) is 16.7. The Balaban J connectivity index is 1.01. The van der Waals surface area contributed by atoms with Crippen LogP contribution in [0.1, 0.15) is 0 Å². The number of aromatic nitrogens is 2. The Kier molecular flexibility index (Phi) is 11.6. The van der Waals surface area contributed by atoms with E-state index in [1.807, 2.05) is 0 Å². The Bertz CT molecular complexity index is 4370. The fraction of sp³-hybridized carbons (Fsp3) is 0. The minimum atomic E-state index is -0.0982. The Labute approximate surface area is 483 Å². The highest BCUT2D eigenvalue weighted by atomic mass is 15.2. The van der Waals surface area contributed by atoms with Gasteiger partial charge in [-0.15, -0.1) is 0 Å². The molecule has 0 saturated carbocycles. The second-order valence-corrected chi connectivity index (χ2v) is 21.7. The van der Waals surface area contributed by atoms with E-state index >= 15 is 0 Å². The van der Waals surface area contributed by atoms with Crippen molar-refractivity contribution < 1.29 is 0 Å². The van der Waals surface area contributed by atoms with Crippen molar-refractivity contribution in [1.82, 2.24) is 9.97 Å². The molecule has 5 heteroatoms. The van der Waals surface area contributed by atoms with Gasteiger partial charge in [0.25, 0.3) is 6.71 Å². The van der Waals surface area contributed by atoms with Crippen LogP contribution >= 0.6 is 0 Å². The van der Waals surface area contributed by atoms with Gasteiger partial charge >= 0.3 is 0 Å². The lowest BCUT2D eigenvalue weighted by molar-refractivity contribution is 1.18. The molecule has 0 fully saturated rings. The van der Waals surface area contributed by atoms with Crippen LogP contribution in [0.3, 0.4) is 0 Å². The molecular weight excluding hydrogens is 1000 g/mol. The fourth-order valence-corrected chi connectivity index (χ4v) is 12.8. The van der Waals surface area contributed by atoms with Crippen molar-refractivity contribution in [2.45, 2.75) is 0 Å². The molecule has 0 aliphatic carbocycles. The molecule has 14 aromatic rings. The van der Waals surface area contributed by atoms with Gasteiger partial charge in [0.1, 0.15) is 0 Å². The second-order valence-electron chi connectivity index (χ2n) is 21.7. The molecule has 0 atom stereocenters. The SMILES string of the molecule is c1ccc(-c2cc(-c3ccccc3)cc(-c3cc(-c4cc5c6c(c4)N(c4ccccc4)c4cc7ccccc7cc4B6c4cc6ccccc6cc4N5c4ccccc4)nc(-c4cc(-c5ccccc5)cc(-c5ccccc5)c4)n3)c2)cc1. The number of benzene rings is 13. The molecule has 83 heavy (non-hydrogen) atoms. The standard InChI is InChI=1S/C78H51BN4/c1-7-23-52(24-8-1)60-39-61(53-25-9-2-10-26-53)42-64(41-60)71-51-72(81-78(80-71)66-43-62(54-27-11-3-12-28-54)40-63(44-66)55-29-13-4-14-30-55)65-49-75-77-76(50-65)83(68-37-17-6-18-38-68)74-48-59-34-22-20-32-57(59)46-70(74)79(77)69-45-56-31-19-21-33-58(56)47-73(69)82(75)67-35-15-5-16-36-67/h1-51H. The number of para-hydroxylation sites is 2. The van der Waals surface area contributed by atoms with E-state index in [-0.39, 0.29) is 6.71 Å². The van der Waals surface area contributed by atoms with Crippen LogP contribution in [-0.2, 0) is 0 Å². The maximum Gasteiger partial charge on any atom is 0.252 e. The molecule has 0 spiro atoms. The van der Waals surface area contributed by atoms with Gasteiger partial charge in [0, 0.05) is 50.8 Å². The van der Waals surface area contributed by atoms with E-state index in [1.54, 1.807) is 0 Å². The van der Waals surface area contributed by atoms with Gasteiger partial charge in [-0.1, -0.05) is 218 Å². The van der Waals surface area contributed by atoms with Gasteiger partial charge in [-0.05, 0) is 173 Å². The van der Waals surface area contributed by atoms with Crippen molar-refractivity contribution >= 4 is 78.8 Å². The lowest BCUT2D eigenvalue weighted by Gasteiger charge is -2.44. The summed E-state index contributed by atoms with van der Waals surface area (Å²) in [5.41, 5.74) is 23.9. The minimum absolute atomic E-state index is 0.0982. The molecule has 0 bridgehead atoms. The monoisotopic (exact) mass is 1050 g/mol. The molecule has 1 aromatic heterocycles. The Morgan fingerprint density at radius 1 is 0.229 bits per heavy atom. The highest BCUT2D eigenvalue weighted by Crippen LogP contribution is 2.48. The molecule has 386 valence electrons. The van der Waals surface area contributed by atoms with Crippen LogP contribution in [-0.4, -0.2) is 16.7 Å². The van der Waals surface area contributed by atoms with Crippen LogP contribution in [0.25, 0.3) is 100.0 Å². The van der Waals surface area contributed by atoms with Gasteiger partial charge in [-0.25, -0.2) is 9.97 Å². The van der Waals surface area contributed by atoms with Crippen molar-refractivity contribution in [2.75, 3.05) is 9.80 Å². The third kappa shape index (κ3) is 8.57. The van der Waals surface area contributed by atoms with Gasteiger partial charge in [0.05, 0.1) is 11.4 Å². The highest BCUT2D eigenvalue weighted by molar-refractivity contribution is 7.00. The number of anilines is 6. The Hall–Kier alpha value is -10.9. The fourth-order valence-electron chi connectivity index (χ4n) is 12.8. The molecule has 16 rings (SSSR count). The average Bonchev–Trinajstić information content (AvgIpc) is 3.07. The summed E-state index contributed by atoms with van der Waals surface area (Å²) < 4.78 is 0. The van der Waals surface area contributed by atoms with Crippen LogP contribution in [0.2, 0.25) is 0 Å². The summed E-state index contributed by atoms with van der Waals surface area (Å²) in [5, 5.41) is 4.82. The maximum absolute atomic E-state index is 5.81. The van der Waals surface area contributed by atoms with Crippen LogP contribution < -0.4 is 26.2 Å². The van der Waals surface area contributed by atoms with Crippen molar-refractivity contribution in [2.24, 2.45) is 0 Å². The zero-order valence-corrected chi connectivity index (χ0v) is 45.3. The zero-order chi connectivity index (χ0) is 54.8. The smallest absolute Gasteiger partial charge is 0.252 e. The molecule has 2 aliphatic heterocycles. The first-order valence-corrected chi connectivity index (χ1v) is 28.5. The van der Waals surface area contributed by atoms with Crippen LogP contribution in [0, 0.1) is 0 Å². The summed E-state index contributed by atoms with van der Waals surface area (Å²) in [6.45, 7) is -0.0982. The number of fused-ring (bicyclic) bond motifs is 6. The summed E-state index contributed by atoms with van der Waals surface area (Å²) in [7, 11) is 0. The van der Waals surface area contributed by atoms with E-state index in [9.17, 15) is 0 Å². The van der Waals surface area contributed by atoms with Gasteiger partial charge in [0.2, 0.25) is 0 Å². The molecular formula is C78H51BN4. The van der Waals surface area contributed by atoms with Gasteiger partial charge in [-0.3, -0.25) is 0 Å². The minimum Gasteiger partial charge on any atom is -0.311 e. The van der Waals surface area contributed by atoms with Crippen LogP contribution in [0.5, 0.6) is 0 Å². The Morgan fingerprint density at radius 2 is 0.530 bits per heavy atom. The summed E-state index contributed by atoms with van der Waals surface area (Å²) >= 11 is 0. The number of hydrogen-bond acceptors (Lipinski definition) is 4. The van der Waals surface area contributed by atoms with E-state index in [4.69, 9.17) is 9.97 Å². The van der Waals surface area contributed by atoms with Crippen molar-refractivity contribution in [3.05, 3.63) is 309 Å². The van der Waals surface area contributed by atoms with E-state index < -0.39 is 0 Å². The summed E-state index contributed by atoms with van der Waals surface area (Å²) in [6.07, 6.45) is 0. The molecule has 0 saturated heterocycles. The molecule has 0 unspecified atom stereocenters. The van der Waals surface area contributed by atoms with Gasteiger partial charge in [-0.2, -0.15) is 0 Å². The lowest BCUT2D eigenvalue weighted by Crippen LogP contribution is -2.61. The summed E-state index contributed by atoms with van der Waals surface area (Å²) in [4.78, 5) is 16.5. The van der Waals surface area contributed by atoms with Crippen LogP contribution in [0.4, 0.5) is 34.1 Å². The first kappa shape index (κ1) is 48.1. The molecule has 2 aliphatic rings. The van der Waals surface area contributed by atoms with E-state index in [0.717, 1.165) is 107 Å². The first-order chi connectivity index (χ1) is 41.1. The Morgan fingerprint density at radius 3 is 0.904 bits per heavy atom. The van der Waals surface area contributed by atoms with Crippen molar-refractivity contribution in [3.63, 3.8) is 0 Å². The number of nitrogens with zero attached hydrogens (tertiary/aromatic N) is 4.